The Kier molecular flexibility index (Phi) is 3.11. The van der Waals surface area contributed by atoms with Gasteiger partial charge in [0.25, 0.3) is 5.69 Å². The lowest BCUT2D eigenvalue weighted by atomic mass is 10.2. The summed E-state index contributed by atoms with van der Waals surface area (Å²) in [6.45, 7) is 0. The third-order valence-corrected chi connectivity index (χ3v) is 2.17. The third kappa shape index (κ3) is 2.35. The van der Waals surface area contributed by atoms with Crippen molar-refractivity contribution in [3.63, 3.8) is 0 Å². The first kappa shape index (κ1) is 11.3. The molecule has 7 heteroatoms. The van der Waals surface area contributed by atoms with Crippen molar-refractivity contribution in [2.24, 2.45) is 5.73 Å². The van der Waals surface area contributed by atoms with Crippen molar-refractivity contribution < 1.29 is 4.92 Å². The van der Waals surface area contributed by atoms with E-state index >= 15 is 0 Å². The lowest BCUT2D eigenvalue weighted by Crippen LogP contribution is -2.32. The number of guanidine groups is 1. The fourth-order valence-electron chi connectivity index (χ4n) is 1.01. The summed E-state index contributed by atoms with van der Waals surface area (Å²) in [7, 11) is 1.55. The Morgan fingerprint density at radius 1 is 1.67 bits per heavy atom. The second-order valence-corrected chi connectivity index (χ2v) is 3.24. The van der Waals surface area contributed by atoms with Crippen molar-refractivity contribution in [3.8, 4) is 0 Å². The molecule has 0 bridgehead atoms. The van der Waals surface area contributed by atoms with Crippen LogP contribution in [0.3, 0.4) is 0 Å². The normalized spacial score (nSPS) is 9.73. The molecule has 0 atom stereocenters. The molecule has 0 saturated heterocycles. The second kappa shape index (κ2) is 4.14. The monoisotopic (exact) mass is 228 g/mol. The first-order valence-corrected chi connectivity index (χ1v) is 4.33. The topological polar surface area (TPSA) is 96.2 Å². The molecular weight excluding hydrogens is 220 g/mol. The van der Waals surface area contributed by atoms with Gasteiger partial charge in [0.2, 0.25) is 0 Å². The minimum absolute atomic E-state index is 0.0966. The highest BCUT2D eigenvalue weighted by atomic mass is 35.5. The van der Waals surface area contributed by atoms with Gasteiger partial charge in [-0.1, -0.05) is 11.6 Å². The number of hydrogen-bond donors (Lipinski definition) is 2. The average Bonchev–Trinajstić information content (AvgIpc) is 2.16. The fourth-order valence-corrected chi connectivity index (χ4v) is 1.31. The van der Waals surface area contributed by atoms with Crippen molar-refractivity contribution in [1.82, 2.24) is 0 Å². The first-order chi connectivity index (χ1) is 6.93. The van der Waals surface area contributed by atoms with Crippen molar-refractivity contribution in [2.75, 3.05) is 11.9 Å². The molecular formula is C8H9ClN4O2. The summed E-state index contributed by atoms with van der Waals surface area (Å²) in [4.78, 5) is 11.2. The molecule has 0 amide bonds. The summed E-state index contributed by atoms with van der Waals surface area (Å²) in [5, 5.41) is 17.8. The van der Waals surface area contributed by atoms with Gasteiger partial charge in [0.15, 0.2) is 5.96 Å². The van der Waals surface area contributed by atoms with E-state index in [1.54, 1.807) is 7.05 Å². The number of benzene rings is 1. The molecule has 80 valence electrons. The zero-order valence-electron chi connectivity index (χ0n) is 7.90. The van der Waals surface area contributed by atoms with Crippen molar-refractivity contribution >= 4 is 28.9 Å². The Morgan fingerprint density at radius 3 is 2.67 bits per heavy atom. The standard InChI is InChI=1S/C8H9ClN4O2/c1-12(8(10)11)7-3-2-5(13(14)15)4-6(7)9/h2-4H,1H3,(H3,10,11). The van der Waals surface area contributed by atoms with Gasteiger partial charge in [-0.3, -0.25) is 15.5 Å². The molecule has 1 aromatic carbocycles. The van der Waals surface area contributed by atoms with Crippen LogP contribution in [0.15, 0.2) is 18.2 Å². The number of nitrogens with zero attached hydrogens (tertiary/aromatic N) is 2. The molecule has 0 fully saturated rings. The van der Waals surface area contributed by atoms with Gasteiger partial charge >= 0.3 is 0 Å². The number of hydrogen-bond acceptors (Lipinski definition) is 3. The van der Waals surface area contributed by atoms with Gasteiger partial charge in [0, 0.05) is 19.2 Å². The van der Waals surface area contributed by atoms with Crippen LogP contribution in [0.1, 0.15) is 0 Å². The van der Waals surface area contributed by atoms with E-state index in [4.69, 9.17) is 22.7 Å². The number of nitrogens with one attached hydrogen (secondary N) is 1. The highest BCUT2D eigenvalue weighted by Gasteiger charge is 2.13. The van der Waals surface area contributed by atoms with Gasteiger partial charge < -0.3 is 10.6 Å². The van der Waals surface area contributed by atoms with E-state index in [1.807, 2.05) is 0 Å². The maximum absolute atomic E-state index is 10.4. The maximum Gasteiger partial charge on any atom is 0.271 e. The smallest absolute Gasteiger partial charge is 0.271 e. The van der Waals surface area contributed by atoms with Crippen LogP contribution in [0.25, 0.3) is 0 Å². The van der Waals surface area contributed by atoms with Crippen LogP contribution in [0.2, 0.25) is 5.02 Å². The number of anilines is 1. The zero-order valence-corrected chi connectivity index (χ0v) is 8.65. The molecule has 15 heavy (non-hydrogen) atoms. The Bertz CT molecular complexity index is 421. The molecule has 1 aromatic rings. The summed E-state index contributed by atoms with van der Waals surface area (Å²) in [6.07, 6.45) is 0. The van der Waals surface area contributed by atoms with Crippen LogP contribution in [0.4, 0.5) is 11.4 Å². The second-order valence-electron chi connectivity index (χ2n) is 2.84. The Morgan fingerprint density at radius 2 is 2.27 bits per heavy atom. The van der Waals surface area contributed by atoms with E-state index in [2.05, 4.69) is 0 Å². The minimum Gasteiger partial charge on any atom is -0.370 e. The van der Waals surface area contributed by atoms with Gasteiger partial charge in [-0.15, -0.1) is 0 Å². The highest BCUT2D eigenvalue weighted by molar-refractivity contribution is 6.34. The number of halogens is 1. The molecule has 0 saturated carbocycles. The third-order valence-electron chi connectivity index (χ3n) is 1.86. The van der Waals surface area contributed by atoms with Crippen molar-refractivity contribution in [2.45, 2.75) is 0 Å². The molecule has 0 aliphatic carbocycles. The van der Waals surface area contributed by atoms with Crippen LogP contribution in [0, 0.1) is 15.5 Å². The predicted octanol–water partition coefficient (Wildman–Crippen LogP) is 1.58. The number of non-ortho nitro benzene ring substituents is 1. The Hall–Kier alpha value is -1.82. The van der Waals surface area contributed by atoms with E-state index in [1.165, 1.54) is 23.1 Å². The molecule has 0 aromatic heterocycles. The highest BCUT2D eigenvalue weighted by Crippen LogP contribution is 2.28. The van der Waals surface area contributed by atoms with E-state index in [0.29, 0.717) is 5.69 Å². The molecule has 6 nitrogen and oxygen atoms in total. The quantitative estimate of drug-likeness (QED) is 0.348. The summed E-state index contributed by atoms with van der Waals surface area (Å²) in [5.74, 6) is -0.189. The van der Waals surface area contributed by atoms with Gasteiger partial charge in [0.1, 0.15) is 0 Å². The van der Waals surface area contributed by atoms with Gasteiger partial charge in [0.05, 0.1) is 15.6 Å². The summed E-state index contributed by atoms with van der Waals surface area (Å²) < 4.78 is 0. The molecule has 0 unspecified atom stereocenters. The number of nitrogens with two attached hydrogens (primary N) is 1. The Labute approximate surface area is 90.9 Å². The molecule has 3 N–H and O–H groups in total. The summed E-state index contributed by atoms with van der Waals surface area (Å²) in [5.41, 5.74) is 5.61. The molecule has 0 aliphatic heterocycles. The minimum atomic E-state index is -0.538. The maximum atomic E-state index is 10.4. The molecule has 1 rings (SSSR count). The largest absolute Gasteiger partial charge is 0.370 e. The van der Waals surface area contributed by atoms with Gasteiger partial charge in [-0.25, -0.2) is 0 Å². The summed E-state index contributed by atoms with van der Waals surface area (Å²) in [6, 6.07) is 3.97. The van der Waals surface area contributed by atoms with E-state index in [-0.39, 0.29) is 16.7 Å². The average molecular weight is 229 g/mol. The lowest BCUT2D eigenvalue weighted by Gasteiger charge is -2.17. The van der Waals surface area contributed by atoms with E-state index < -0.39 is 4.92 Å². The van der Waals surface area contributed by atoms with Crippen molar-refractivity contribution in [3.05, 3.63) is 33.3 Å². The lowest BCUT2D eigenvalue weighted by molar-refractivity contribution is -0.384. The number of nitro benzene ring substituents is 1. The fraction of sp³-hybridized carbons (Fsp3) is 0.125. The summed E-state index contributed by atoms with van der Waals surface area (Å²) >= 11 is 5.81. The zero-order chi connectivity index (χ0) is 11.6. The molecule has 0 spiro atoms. The van der Waals surface area contributed by atoms with Gasteiger partial charge in [-0.2, -0.15) is 0 Å². The molecule has 0 radical (unpaired) electrons. The van der Waals surface area contributed by atoms with Gasteiger partial charge in [-0.05, 0) is 6.07 Å². The number of rotatable bonds is 2. The van der Waals surface area contributed by atoms with Crippen LogP contribution in [0.5, 0.6) is 0 Å². The Balaban J connectivity index is 3.13. The van der Waals surface area contributed by atoms with Crippen LogP contribution in [-0.4, -0.2) is 17.9 Å². The van der Waals surface area contributed by atoms with Crippen molar-refractivity contribution in [1.29, 1.82) is 5.41 Å². The van der Waals surface area contributed by atoms with Crippen LogP contribution >= 0.6 is 11.6 Å². The molecule has 0 aliphatic rings. The number of nitro groups is 1. The first-order valence-electron chi connectivity index (χ1n) is 3.95. The van der Waals surface area contributed by atoms with Crippen LogP contribution < -0.4 is 10.6 Å². The molecule has 0 heterocycles. The van der Waals surface area contributed by atoms with Crippen LogP contribution in [-0.2, 0) is 0 Å². The van der Waals surface area contributed by atoms with E-state index in [9.17, 15) is 10.1 Å². The predicted molar refractivity (Wildman–Crippen MR) is 58.4 cm³/mol. The SMILES string of the molecule is CN(C(=N)N)c1ccc([N+](=O)[O-])cc1Cl. The van der Waals surface area contributed by atoms with E-state index in [0.717, 1.165) is 0 Å².